The van der Waals surface area contributed by atoms with Gasteiger partial charge in [0.1, 0.15) is 6.10 Å². The van der Waals surface area contributed by atoms with Crippen LogP contribution in [0, 0.1) is 28.6 Å². The molecule has 1 heterocycles. The van der Waals surface area contributed by atoms with E-state index in [9.17, 15) is 15.0 Å². The number of aliphatic hydroxyl groups excluding tert-OH is 1. The van der Waals surface area contributed by atoms with Gasteiger partial charge in [-0.1, -0.05) is 25.5 Å². The lowest BCUT2D eigenvalue weighted by Crippen LogP contribution is -2.62. The summed E-state index contributed by atoms with van der Waals surface area (Å²) in [6, 6.07) is 0. The zero-order valence-corrected chi connectivity index (χ0v) is 18.0. The molecule has 4 aliphatic carbocycles. The van der Waals surface area contributed by atoms with E-state index in [1.807, 2.05) is 19.9 Å². The molecule has 8 atom stereocenters. The van der Waals surface area contributed by atoms with Gasteiger partial charge in [0, 0.05) is 16.7 Å². The molecule has 0 aromatic carbocycles. The molecule has 5 rings (SSSR count). The number of ketones is 1. The maximum Gasteiger partial charge on any atom is 0.178 e. The van der Waals surface area contributed by atoms with Crippen molar-refractivity contribution in [3.63, 3.8) is 0 Å². The first-order valence-corrected chi connectivity index (χ1v) is 11.2. The summed E-state index contributed by atoms with van der Waals surface area (Å²) in [6.45, 7) is 8.52. The van der Waals surface area contributed by atoms with E-state index in [0.29, 0.717) is 31.3 Å². The number of carbonyl (C=O) groups is 1. The second-order valence-corrected chi connectivity index (χ2v) is 11.0. The van der Waals surface area contributed by atoms with E-state index in [4.69, 9.17) is 9.47 Å². The van der Waals surface area contributed by atoms with Gasteiger partial charge in [-0.05, 0) is 69.9 Å². The molecular formula is C24H34O5. The second-order valence-electron chi connectivity index (χ2n) is 11.0. The zero-order chi connectivity index (χ0) is 20.8. The lowest BCUT2D eigenvalue weighted by Gasteiger charge is -2.60. The molecule has 160 valence electrons. The predicted molar refractivity (Wildman–Crippen MR) is 108 cm³/mol. The third-order valence-corrected chi connectivity index (χ3v) is 9.25. The summed E-state index contributed by atoms with van der Waals surface area (Å²) in [7, 11) is 0. The van der Waals surface area contributed by atoms with E-state index in [1.54, 1.807) is 12.2 Å². The summed E-state index contributed by atoms with van der Waals surface area (Å²) in [6.07, 6.45) is 8.64. The van der Waals surface area contributed by atoms with Gasteiger partial charge in [0.15, 0.2) is 11.6 Å². The molecule has 0 bridgehead atoms. The minimum Gasteiger partial charge on any atom is -0.393 e. The van der Waals surface area contributed by atoms with Crippen molar-refractivity contribution < 1.29 is 24.5 Å². The molecule has 0 aromatic rings. The quantitative estimate of drug-likeness (QED) is 0.705. The fourth-order valence-corrected chi connectivity index (χ4v) is 7.82. The highest BCUT2D eigenvalue weighted by Crippen LogP contribution is 2.68. The van der Waals surface area contributed by atoms with Crippen molar-refractivity contribution in [3.05, 3.63) is 23.8 Å². The highest BCUT2D eigenvalue weighted by Gasteiger charge is 2.69. The van der Waals surface area contributed by atoms with Gasteiger partial charge in [-0.25, -0.2) is 0 Å². The Morgan fingerprint density at radius 1 is 1.17 bits per heavy atom. The molecule has 0 amide bonds. The molecule has 2 N–H and O–H groups in total. The minimum atomic E-state index is -0.993. The highest BCUT2D eigenvalue weighted by atomic mass is 16.7. The van der Waals surface area contributed by atoms with Crippen molar-refractivity contribution in [2.75, 3.05) is 6.61 Å². The van der Waals surface area contributed by atoms with E-state index in [-0.39, 0.29) is 23.2 Å². The molecule has 3 unspecified atom stereocenters. The van der Waals surface area contributed by atoms with Crippen LogP contribution >= 0.6 is 0 Å². The Morgan fingerprint density at radius 3 is 2.62 bits per heavy atom. The fraction of sp³-hybridized carbons (Fsp3) is 0.792. The number of rotatable bonds is 1. The van der Waals surface area contributed by atoms with Crippen LogP contribution in [0.4, 0.5) is 0 Å². The number of fused-ring (bicyclic) bond motifs is 5. The molecule has 1 aliphatic heterocycles. The minimum absolute atomic E-state index is 0.0577. The molecule has 1 saturated heterocycles. The van der Waals surface area contributed by atoms with Gasteiger partial charge in [-0.2, -0.15) is 0 Å². The Balaban J connectivity index is 1.50. The first kappa shape index (κ1) is 19.9. The Bertz CT molecular complexity index is 799. The van der Waals surface area contributed by atoms with E-state index in [0.717, 1.165) is 24.8 Å². The van der Waals surface area contributed by atoms with Crippen molar-refractivity contribution >= 4 is 5.78 Å². The molecule has 5 aliphatic rings. The van der Waals surface area contributed by atoms with Crippen LogP contribution in [0.2, 0.25) is 0 Å². The summed E-state index contributed by atoms with van der Waals surface area (Å²) in [5, 5.41) is 23.4. The van der Waals surface area contributed by atoms with E-state index >= 15 is 0 Å². The normalized spacial score (nSPS) is 53.2. The lowest BCUT2D eigenvalue weighted by molar-refractivity contribution is -0.219. The Hall–Kier alpha value is -1.01. The Morgan fingerprint density at radius 2 is 1.93 bits per heavy atom. The van der Waals surface area contributed by atoms with Crippen molar-refractivity contribution in [3.8, 4) is 0 Å². The largest absolute Gasteiger partial charge is 0.393 e. The van der Waals surface area contributed by atoms with Crippen LogP contribution in [0.5, 0.6) is 0 Å². The van der Waals surface area contributed by atoms with Crippen LogP contribution in [0.15, 0.2) is 23.8 Å². The number of hydrogen-bond donors (Lipinski definition) is 2. The molecule has 5 nitrogen and oxygen atoms in total. The molecule has 0 spiro atoms. The first-order valence-electron chi connectivity index (χ1n) is 11.2. The van der Waals surface area contributed by atoms with Crippen LogP contribution in [0.25, 0.3) is 0 Å². The summed E-state index contributed by atoms with van der Waals surface area (Å²) in [4.78, 5) is 11.9. The number of ether oxygens (including phenoxy) is 2. The van der Waals surface area contributed by atoms with Crippen LogP contribution in [-0.4, -0.2) is 46.2 Å². The summed E-state index contributed by atoms with van der Waals surface area (Å²) < 4.78 is 11.9. The van der Waals surface area contributed by atoms with Gasteiger partial charge < -0.3 is 19.7 Å². The van der Waals surface area contributed by atoms with E-state index in [1.165, 1.54) is 0 Å². The third kappa shape index (κ3) is 2.57. The smallest absolute Gasteiger partial charge is 0.178 e. The van der Waals surface area contributed by atoms with Gasteiger partial charge >= 0.3 is 0 Å². The molecular weight excluding hydrogens is 368 g/mol. The van der Waals surface area contributed by atoms with Gasteiger partial charge in [-0.3, -0.25) is 4.79 Å². The number of carbonyl (C=O) groups excluding carboxylic acids is 1. The Labute approximate surface area is 173 Å². The van der Waals surface area contributed by atoms with Crippen molar-refractivity contribution in [1.82, 2.24) is 0 Å². The van der Waals surface area contributed by atoms with Crippen molar-refractivity contribution in [2.45, 2.75) is 83.4 Å². The van der Waals surface area contributed by atoms with E-state index < -0.39 is 22.9 Å². The predicted octanol–water partition coefficient (Wildman–Crippen LogP) is 3.15. The van der Waals surface area contributed by atoms with Crippen LogP contribution in [0.1, 0.15) is 59.8 Å². The highest BCUT2D eigenvalue weighted by molar-refractivity contribution is 6.01. The second kappa shape index (κ2) is 6.03. The average Bonchev–Trinajstić information content (AvgIpc) is 3.13. The number of hydrogen-bond acceptors (Lipinski definition) is 5. The van der Waals surface area contributed by atoms with E-state index in [2.05, 4.69) is 13.8 Å². The number of aliphatic hydroxyl groups is 2. The maximum atomic E-state index is 11.9. The third-order valence-electron chi connectivity index (χ3n) is 9.25. The summed E-state index contributed by atoms with van der Waals surface area (Å²) in [5.41, 5.74) is -0.509. The van der Waals surface area contributed by atoms with Gasteiger partial charge in [0.25, 0.3) is 0 Å². The number of allylic oxidation sites excluding steroid dienone is 4. The average molecular weight is 403 g/mol. The SMILES string of the molecule is CC1(C)OCC(C2(O)CC[C@H]3[C@@H]4CCC5=CC(=O)C=C[C@]5(C)[C@H]4C(O)C[C@@]32C)O1. The molecule has 4 fully saturated rings. The van der Waals surface area contributed by atoms with Gasteiger partial charge in [0.05, 0.1) is 18.3 Å². The molecule has 5 heteroatoms. The lowest BCUT2D eigenvalue weighted by atomic mass is 9.46. The van der Waals surface area contributed by atoms with Crippen LogP contribution in [-0.2, 0) is 14.3 Å². The monoisotopic (exact) mass is 402 g/mol. The summed E-state index contributed by atoms with van der Waals surface area (Å²) in [5.74, 6) is 0.125. The van der Waals surface area contributed by atoms with Gasteiger partial charge in [-0.15, -0.1) is 0 Å². The fourth-order valence-electron chi connectivity index (χ4n) is 7.82. The topological polar surface area (TPSA) is 76.0 Å². The standard InChI is InChI=1S/C24H34O5/c1-21(2)28-13-19(29-21)24(27)10-8-17-16-6-5-14-11-15(25)7-9-22(14,3)20(16)18(26)12-23(17,24)4/h7,9,11,16-20,26-27H,5-6,8,10,12-13H2,1-4H3/t16-,17-,18?,19?,20+,22-,23-,24?/m0/s1. The first-order chi connectivity index (χ1) is 13.5. The van der Waals surface area contributed by atoms with Gasteiger partial charge in [0.2, 0.25) is 0 Å². The van der Waals surface area contributed by atoms with Crippen LogP contribution in [0.3, 0.4) is 0 Å². The maximum absolute atomic E-state index is 11.9. The molecule has 0 radical (unpaired) electrons. The van der Waals surface area contributed by atoms with Crippen LogP contribution < -0.4 is 0 Å². The summed E-state index contributed by atoms with van der Waals surface area (Å²) >= 11 is 0. The zero-order valence-electron chi connectivity index (χ0n) is 18.0. The van der Waals surface area contributed by atoms with Crippen molar-refractivity contribution in [2.24, 2.45) is 28.6 Å². The molecule has 3 saturated carbocycles. The molecule has 29 heavy (non-hydrogen) atoms. The van der Waals surface area contributed by atoms with Crippen molar-refractivity contribution in [1.29, 1.82) is 0 Å². The molecule has 0 aromatic heterocycles. The Kier molecular flexibility index (Phi) is 4.14.